The van der Waals surface area contributed by atoms with Crippen molar-refractivity contribution >= 4 is 17.8 Å². The third-order valence-corrected chi connectivity index (χ3v) is 4.33. The minimum Gasteiger partial charge on any atom is -0.497 e. The summed E-state index contributed by atoms with van der Waals surface area (Å²) in [4.78, 5) is 23.8. The van der Waals surface area contributed by atoms with Gasteiger partial charge in [0, 0.05) is 11.1 Å². The molecule has 4 heteroatoms. The maximum Gasteiger partial charge on any atom is 0.335 e. The number of ketones is 1. The zero-order chi connectivity index (χ0) is 17.3. The molecule has 2 aromatic carbocycles. The molecule has 0 radical (unpaired) electrons. The van der Waals surface area contributed by atoms with Crippen molar-refractivity contribution in [1.29, 1.82) is 0 Å². The number of aromatic carboxylic acids is 1. The molecule has 1 aliphatic rings. The van der Waals surface area contributed by atoms with Crippen LogP contribution in [0.1, 0.15) is 43.8 Å². The predicted octanol–water partition coefficient (Wildman–Crippen LogP) is 3.91. The molecule has 122 valence electrons. The van der Waals surface area contributed by atoms with Gasteiger partial charge in [-0.05, 0) is 66.8 Å². The lowest BCUT2D eigenvalue weighted by molar-refractivity contribution is 0.0696. The van der Waals surface area contributed by atoms with E-state index in [0.717, 1.165) is 28.9 Å². The number of Topliss-reactive ketones (excluding diaryl/α,β-unsaturated/α-hetero) is 1. The van der Waals surface area contributed by atoms with Gasteiger partial charge in [0.1, 0.15) is 5.75 Å². The Morgan fingerprint density at radius 3 is 2.62 bits per heavy atom. The van der Waals surface area contributed by atoms with Gasteiger partial charge >= 0.3 is 5.97 Å². The fourth-order valence-corrected chi connectivity index (χ4v) is 3.04. The second kappa shape index (κ2) is 6.32. The first kappa shape index (κ1) is 16.0. The molecule has 0 bridgehead atoms. The van der Waals surface area contributed by atoms with Crippen LogP contribution in [0.3, 0.4) is 0 Å². The summed E-state index contributed by atoms with van der Waals surface area (Å²) in [5.41, 5.74) is 4.28. The van der Waals surface area contributed by atoms with Gasteiger partial charge in [-0.3, -0.25) is 4.79 Å². The molecule has 0 fully saturated rings. The van der Waals surface area contributed by atoms with E-state index in [1.54, 1.807) is 38.3 Å². The van der Waals surface area contributed by atoms with Gasteiger partial charge in [-0.1, -0.05) is 12.1 Å². The first-order valence-corrected chi connectivity index (χ1v) is 7.75. The van der Waals surface area contributed by atoms with Gasteiger partial charge < -0.3 is 9.84 Å². The van der Waals surface area contributed by atoms with E-state index >= 15 is 0 Å². The van der Waals surface area contributed by atoms with Crippen LogP contribution in [0, 0.1) is 6.92 Å². The number of allylic oxidation sites excluding steroid dienone is 1. The van der Waals surface area contributed by atoms with E-state index < -0.39 is 5.97 Å². The molecule has 1 aliphatic carbocycles. The van der Waals surface area contributed by atoms with Gasteiger partial charge in [0.25, 0.3) is 0 Å². The summed E-state index contributed by atoms with van der Waals surface area (Å²) in [6.45, 7) is 1.76. The number of carbonyl (C=O) groups excluding carboxylic acids is 1. The lowest BCUT2D eigenvalue weighted by Crippen LogP contribution is -2.14. The zero-order valence-corrected chi connectivity index (χ0v) is 13.6. The van der Waals surface area contributed by atoms with E-state index in [0.29, 0.717) is 17.5 Å². The molecule has 0 heterocycles. The number of carboxylic acid groups (broad SMARTS) is 1. The van der Waals surface area contributed by atoms with E-state index in [9.17, 15) is 9.59 Å². The number of ether oxygens (including phenoxy) is 1. The van der Waals surface area contributed by atoms with E-state index in [4.69, 9.17) is 9.84 Å². The quantitative estimate of drug-likeness (QED) is 0.870. The molecule has 2 aromatic rings. The summed E-state index contributed by atoms with van der Waals surface area (Å²) in [6, 6.07) is 10.6. The number of hydrogen-bond acceptors (Lipinski definition) is 3. The Labute approximate surface area is 140 Å². The smallest absolute Gasteiger partial charge is 0.335 e. The molecule has 0 saturated carbocycles. The van der Waals surface area contributed by atoms with Crippen LogP contribution >= 0.6 is 0 Å². The summed E-state index contributed by atoms with van der Waals surface area (Å²) in [5, 5.41) is 9.09. The minimum atomic E-state index is -0.941. The van der Waals surface area contributed by atoms with Crippen LogP contribution in [0.25, 0.3) is 6.08 Å². The van der Waals surface area contributed by atoms with Crippen LogP contribution in [0.2, 0.25) is 0 Å². The van der Waals surface area contributed by atoms with Crippen LogP contribution in [-0.4, -0.2) is 24.0 Å². The summed E-state index contributed by atoms with van der Waals surface area (Å²) >= 11 is 0. The molecule has 0 spiro atoms. The molecule has 24 heavy (non-hydrogen) atoms. The van der Waals surface area contributed by atoms with E-state index in [2.05, 4.69) is 0 Å². The number of carbonyl (C=O) groups is 2. The molecule has 1 N–H and O–H groups in total. The molecule has 3 rings (SSSR count). The maximum absolute atomic E-state index is 12.7. The van der Waals surface area contributed by atoms with Crippen LogP contribution in [-0.2, 0) is 6.42 Å². The second-order valence-corrected chi connectivity index (χ2v) is 5.90. The SMILES string of the molecule is COc1ccc2c(c1)CCC(=Cc1ccc(C(=O)O)c(C)c1)C2=O. The summed E-state index contributed by atoms with van der Waals surface area (Å²) in [7, 11) is 1.61. The monoisotopic (exact) mass is 322 g/mol. The highest BCUT2D eigenvalue weighted by Gasteiger charge is 2.22. The summed E-state index contributed by atoms with van der Waals surface area (Å²) in [6.07, 6.45) is 3.31. The van der Waals surface area contributed by atoms with Gasteiger partial charge in [0.15, 0.2) is 5.78 Å². The van der Waals surface area contributed by atoms with Gasteiger partial charge in [-0.25, -0.2) is 4.79 Å². The Hall–Kier alpha value is -2.88. The molecule has 0 saturated heterocycles. The van der Waals surface area contributed by atoms with Crippen LogP contribution in [0.15, 0.2) is 42.0 Å². The highest BCUT2D eigenvalue weighted by atomic mass is 16.5. The average molecular weight is 322 g/mol. The van der Waals surface area contributed by atoms with Crippen LogP contribution < -0.4 is 4.74 Å². The third kappa shape index (κ3) is 2.95. The molecular formula is C20H18O4. The summed E-state index contributed by atoms with van der Waals surface area (Å²) in [5.74, 6) is -0.156. The average Bonchev–Trinajstić information content (AvgIpc) is 2.57. The zero-order valence-electron chi connectivity index (χ0n) is 13.6. The molecule has 0 aliphatic heterocycles. The van der Waals surface area contributed by atoms with Crippen LogP contribution in [0.4, 0.5) is 0 Å². The Balaban J connectivity index is 1.93. The number of methoxy groups -OCH3 is 1. The maximum atomic E-state index is 12.7. The number of benzene rings is 2. The van der Waals surface area contributed by atoms with Crippen molar-refractivity contribution in [2.24, 2.45) is 0 Å². The van der Waals surface area contributed by atoms with Crippen molar-refractivity contribution in [3.05, 3.63) is 69.8 Å². The van der Waals surface area contributed by atoms with Crippen molar-refractivity contribution in [2.45, 2.75) is 19.8 Å². The molecule has 4 nitrogen and oxygen atoms in total. The van der Waals surface area contributed by atoms with Crippen molar-refractivity contribution in [1.82, 2.24) is 0 Å². The molecule has 0 amide bonds. The Morgan fingerprint density at radius 2 is 1.96 bits per heavy atom. The normalized spacial score (nSPS) is 15.2. The number of carboxylic acids is 1. The molecular weight excluding hydrogens is 304 g/mol. The Kier molecular flexibility index (Phi) is 4.21. The van der Waals surface area contributed by atoms with E-state index in [-0.39, 0.29) is 11.3 Å². The Morgan fingerprint density at radius 1 is 1.17 bits per heavy atom. The van der Waals surface area contributed by atoms with Crippen molar-refractivity contribution in [3.8, 4) is 5.75 Å². The second-order valence-electron chi connectivity index (χ2n) is 5.90. The Bertz CT molecular complexity index is 862. The van der Waals surface area contributed by atoms with Gasteiger partial charge in [-0.2, -0.15) is 0 Å². The van der Waals surface area contributed by atoms with Gasteiger partial charge in [0.2, 0.25) is 0 Å². The number of hydrogen-bond donors (Lipinski definition) is 1. The number of aryl methyl sites for hydroxylation is 2. The van der Waals surface area contributed by atoms with Gasteiger partial charge in [0.05, 0.1) is 12.7 Å². The standard InChI is InChI=1S/C20H18O4/c1-12-9-13(3-7-17(12)20(22)23)10-15-5-4-14-11-16(24-2)6-8-18(14)19(15)21/h3,6-11H,4-5H2,1-2H3,(H,22,23). The third-order valence-electron chi connectivity index (χ3n) is 4.33. The minimum absolute atomic E-state index is 0.0267. The molecule has 0 atom stereocenters. The highest BCUT2D eigenvalue weighted by Crippen LogP contribution is 2.29. The van der Waals surface area contributed by atoms with E-state index in [1.165, 1.54) is 0 Å². The van der Waals surface area contributed by atoms with Gasteiger partial charge in [-0.15, -0.1) is 0 Å². The fourth-order valence-electron chi connectivity index (χ4n) is 3.04. The first-order chi connectivity index (χ1) is 11.5. The fraction of sp³-hybridized carbons (Fsp3) is 0.200. The van der Waals surface area contributed by atoms with Crippen molar-refractivity contribution < 1.29 is 19.4 Å². The molecule has 0 aromatic heterocycles. The lowest BCUT2D eigenvalue weighted by Gasteiger charge is -2.18. The lowest BCUT2D eigenvalue weighted by atomic mass is 9.85. The number of fused-ring (bicyclic) bond motifs is 1. The summed E-state index contributed by atoms with van der Waals surface area (Å²) < 4.78 is 5.21. The topological polar surface area (TPSA) is 63.6 Å². The highest BCUT2D eigenvalue weighted by molar-refractivity contribution is 6.13. The number of rotatable bonds is 3. The first-order valence-electron chi connectivity index (χ1n) is 7.75. The predicted molar refractivity (Wildman–Crippen MR) is 91.8 cm³/mol. The largest absolute Gasteiger partial charge is 0.497 e. The van der Waals surface area contributed by atoms with E-state index in [1.807, 2.05) is 18.2 Å². The van der Waals surface area contributed by atoms with Crippen molar-refractivity contribution in [3.63, 3.8) is 0 Å². The van der Waals surface area contributed by atoms with Crippen LogP contribution in [0.5, 0.6) is 5.75 Å². The van der Waals surface area contributed by atoms with Crippen molar-refractivity contribution in [2.75, 3.05) is 7.11 Å². The molecule has 0 unspecified atom stereocenters.